The first kappa shape index (κ1) is 40.8. The van der Waals surface area contributed by atoms with Gasteiger partial charge in [0.15, 0.2) is 6.29 Å². The minimum Gasteiger partial charge on any atom is -0.493 e. The van der Waals surface area contributed by atoms with Crippen molar-refractivity contribution in [1.29, 1.82) is 0 Å². The van der Waals surface area contributed by atoms with Gasteiger partial charge in [0.2, 0.25) is 0 Å². The SMILES string of the molecule is CCCCCC1CCC(c2ccc(-c3ccc(OCCC(CO)(CO)CCC(C)(C)C)c(CCOC4OC4C(C)C(C)C)c3)c(CC)c2)CC1. The van der Waals surface area contributed by atoms with Crippen LogP contribution in [-0.2, 0) is 22.3 Å². The Hall–Kier alpha value is -1.92. The summed E-state index contributed by atoms with van der Waals surface area (Å²) in [6.07, 6.45) is 15.0. The third kappa shape index (κ3) is 11.8. The maximum absolute atomic E-state index is 10.3. The lowest BCUT2D eigenvalue weighted by Crippen LogP contribution is -2.33. The number of ether oxygens (including phenoxy) is 3. The lowest BCUT2D eigenvalue weighted by atomic mass is 9.76. The Kier molecular flexibility index (Phi) is 15.7. The molecule has 1 heterocycles. The quantitative estimate of drug-likeness (QED) is 0.101. The number of hydrogen-bond acceptors (Lipinski definition) is 5. The minimum absolute atomic E-state index is 0.0455. The zero-order valence-electron chi connectivity index (χ0n) is 33.1. The Bertz CT molecular complexity index is 1280. The maximum atomic E-state index is 10.3. The van der Waals surface area contributed by atoms with Crippen LogP contribution in [0.1, 0.15) is 149 Å². The van der Waals surface area contributed by atoms with E-state index in [1.165, 1.54) is 73.6 Å². The first-order valence-corrected chi connectivity index (χ1v) is 20.3. The van der Waals surface area contributed by atoms with Crippen molar-refractivity contribution in [3.8, 4) is 16.9 Å². The number of unbranched alkanes of at least 4 members (excludes halogenated alkanes) is 2. The summed E-state index contributed by atoms with van der Waals surface area (Å²) in [5, 5.41) is 20.6. The summed E-state index contributed by atoms with van der Waals surface area (Å²) in [5.41, 5.74) is 6.16. The van der Waals surface area contributed by atoms with Crippen LogP contribution in [0.4, 0.5) is 0 Å². The van der Waals surface area contributed by atoms with Crippen molar-refractivity contribution in [2.24, 2.45) is 28.6 Å². The smallest absolute Gasteiger partial charge is 0.184 e. The van der Waals surface area contributed by atoms with Crippen molar-refractivity contribution in [2.45, 2.75) is 157 Å². The second-order valence-corrected chi connectivity index (χ2v) is 17.5. The van der Waals surface area contributed by atoms with E-state index in [1.807, 2.05) is 0 Å². The summed E-state index contributed by atoms with van der Waals surface area (Å²) in [6.45, 7) is 18.8. The predicted octanol–water partition coefficient (Wildman–Crippen LogP) is 10.9. The number of benzene rings is 2. The van der Waals surface area contributed by atoms with E-state index in [1.54, 1.807) is 0 Å². The van der Waals surface area contributed by atoms with Gasteiger partial charge in [-0.3, -0.25) is 0 Å². The van der Waals surface area contributed by atoms with Crippen LogP contribution in [0.15, 0.2) is 36.4 Å². The van der Waals surface area contributed by atoms with E-state index in [9.17, 15) is 10.2 Å². The van der Waals surface area contributed by atoms with Crippen molar-refractivity contribution >= 4 is 0 Å². The van der Waals surface area contributed by atoms with Gasteiger partial charge in [-0.2, -0.15) is 0 Å². The van der Waals surface area contributed by atoms with Crippen LogP contribution in [0.5, 0.6) is 5.75 Å². The molecule has 1 aliphatic heterocycles. The Morgan fingerprint density at radius 1 is 0.840 bits per heavy atom. The van der Waals surface area contributed by atoms with Gasteiger partial charge in [0.1, 0.15) is 11.9 Å². The van der Waals surface area contributed by atoms with Gasteiger partial charge < -0.3 is 24.4 Å². The Balaban J connectivity index is 1.48. The van der Waals surface area contributed by atoms with Crippen LogP contribution in [0.2, 0.25) is 0 Å². The van der Waals surface area contributed by atoms with Crippen molar-refractivity contribution < 1.29 is 24.4 Å². The van der Waals surface area contributed by atoms with Gasteiger partial charge in [-0.15, -0.1) is 0 Å². The molecule has 0 aromatic heterocycles. The molecular formula is C45H72O5. The van der Waals surface area contributed by atoms with Gasteiger partial charge in [-0.05, 0) is 127 Å². The van der Waals surface area contributed by atoms with E-state index in [4.69, 9.17) is 14.2 Å². The van der Waals surface area contributed by atoms with Crippen molar-refractivity contribution in [2.75, 3.05) is 26.4 Å². The number of rotatable bonds is 21. The lowest BCUT2D eigenvalue weighted by molar-refractivity contribution is 0.0201. The molecule has 2 fully saturated rings. The second kappa shape index (κ2) is 19.2. The van der Waals surface area contributed by atoms with E-state index >= 15 is 0 Å². The molecule has 2 aliphatic rings. The van der Waals surface area contributed by atoms with Crippen molar-refractivity contribution in [3.63, 3.8) is 0 Å². The van der Waals surface area contributed by atoms with Gasteiger partial charge in [-0.25, -0.2) is 0 Å². The topological polar surface area (TPSA) is 71.5 Å². The molecule has 3 atom stereocenters. The fourth-order valence-corrected chi connectivity index (χ4v) is 7.78. The van der Waals surface area contributed by atoms with Crippen LogP contribution in [0.25, 0.3) is 11.1 Å². The summed E-state index contributed by atoms with van der Waals surface area (Å²) < 4.78 is 18.6. The highest BCUT2D eigenvalue weighted by Crippen LogP contribution is 2.40. The standard InChI is InChI=1S/C45H72O5/c1-9-11-12-13-34-14-16-36(17-15-34)37-18-20-40(35(10-2)28-37)38-19-21-41(48-27-25-45(30-46,31-47)24-23-44(6,7)8)39(29-38)22-26-49-43-42(50-43)33(5)32(3)4/h18-21,28-29,32-34,36,42-43,46-47H,9-17,22-27,30-31H2,1-8H3. The molecule has 5 heteroatoms. The normalized spacial score (nSPS) is 21.8. The molecule has 5 nitrogen and oxygen atoms in total. The molecular weight excluding hydrogens is 620 g/mol. The lowest BCUT2D eigenvalue weighted by Gasteiger charge is -2.32. The molecule has 1 aliphatic carbocycles. The molecule has 50 heavy (non-hydrogen) atoms. The Morgan fingerprint density at radius 2 is 1.58 bits per heavy atom. The van der Waals surface area contributed by atoms with E-state index in [-0.39, 0.29) is 31.0 Å². The molecule has 4 rings (SSSR count). The molecule has 2 aromatic carbocycles. The van der Waals surface area contributed by atoms with Crippen LogP contribution in [-0.4, -0.2) is 49.0 Å². The largest absolute Gasteiger partial charge is 0.493 e. The Labute approximate surface area is 305 Å². The van der Waals surface area contributed by atoms with Crippen LogP contribution >= 0.6 is 0 Å². The monoisotopic (exact) mass is 693 g/mol. The number of aliphatic hydroxyl groups is 2. The number of aliphatic hydroxyl groups excluding tert-OH is 2. The van der Waals surface area contributed by atoms with Crippen molar-refractivity contribution in [1.82, 2.24) is 0 Å². The number of epoxide rings is 1. The summed E-state index contributed by atoms with van der Waals surface area (Å²) in [4.78, 5) is 0. The molecule has 3 unspecified atom stereocenters. The van der Waals surface area contributed by atoms with E-state index in [2.05, 4.69) is 91.8 Å². The van der Waals surface area contributed by atoms with Gasteiger partial charge in [-0.1, -0.05) is 105 Å². The number of aryl methyl sites for hydroxylation is 1. The molecule has 0 amide bonds. The predicted molar refractivity (Wildman–Crippen MR) is 208 cm³/mol. The van der Waals surface area contributed by atoms with Crippen molar-refractivity contribution in [3.05, 3.63) is 53.1 Å². The Morgan fingerprint density at radius 3 is 2.22 bits per heavy atom. The highest BCUT2D eigenvalue weighted by atomic mass is 16.8. The third-order valence-electron chi connectivity index (χ3n) is 12.1. The molecule has 1 saturated heterocycles. The molecule has 2 aromatic rings. The minimum atomic E-state index is -0.548. The summed E-state index contributed by atoms with van der Waals surface area (Å²) in [5.74, 6) is 3.49. The van der Waals surface area contributed by atoms with Crippen LogP contribution in [0.3, 0.4) is 0 Å². The van der Waals surface area contributed by atoms with Crippen LogP contribution < -0.4 is 4.74 Å². The molecule has 0 spiro atoms. The third-order valence-corrected chi connectivity index (χ3v) is 12.1. The maximum Gasteiger partial charge on any atom is 0.184 e. The highest BCUT2D eigenvalue weighted by molar-refractivity contribution is 5.70. The van der Waals surface area contributed by atoms with Gasteiger partial charge in [0, 0.05) is 5.41 Å². The number of hydrogen-bond donors (Lipinski definition) is 2. The fraction of sp³-hybridized carbons (Fsp3) is 0.733. The van der Waals surface area contributed by atoms with E-state index in [0.717, 1.165) is 42.9 Å². The highest BCUT2D eigenvalue weighted by Gasteiger charge is 2.45. The van der Waals surface area contributed by atoms with Gasteiger partial charge in [0.25, 0.3) is 0 Å². The average Bonchev–Trinajstić information content (AvgIpc) is 3.89. The molecule has 0 radical (unpaired) electrons. The van der Waals surface area contributed by atoms with E-state index in [0.29, 0.717) is 37.4 Å². The van der Waals surface area contributed by atoms with Gasteiger partial charge in [0.05, 0.1) is 26.4 Å². The zero-order chi connectivity index (χ0) is 36.3. The van der Waals surface area contributed by atoms with E-state index < -0.39 is 5.41 Å². The average molecular weight is 693 g/mol. The summed E-state index contributed by atoms with van der Waals surface area (Å²) in [7, 11) is 0. The zero-order valence-corrected chi connectivity index (χ0v) is 33.1. The first-order valence-electron chi connectivity index (χ1n) is 20.3. The summed E-state index contributed by atoms with van der Waals surface area (Å²) in [6, 6.07) is 13.9. The molecule has 0 bridgehead atoms. The first-order chi connectivity index (χ1) is 23.9. The summed E-state index contributed by atoms with van der Waals surface area (Å²) >= 11 is 0. The fourth-order valence-electron chi connectivity index (χ4n) is 7.78. The molecule has 2 N–H and O–H groups in total. The van der Waals surface area contributed by atoms with Crippen LogP contribution in [0, 0.1) is 28.6 Å². The molecule has 1 saturated carbocycles. The second-order valence-electron chi connectivity index (χ2n) is 17.5. The molecule has 282 valence electrons. The van der Waals surface area contributed by atoms with Gasteiger partial charge >= 0.3 is 0 Å².